The van der Waals surface area contributed by atoms with Gasteiger partial charge in [0, 0.05) is 52.7 Å². The fourth-order valence-corrected chi connectivity index (χ4v) is 11.5. The van der Waals surface area contributed by atoms with Crippen LogP contribution in [-0.4, -0.2) is 69.1 Å². The monoisotopic (exact) mass is 945 g/mol. The van der Waals surface area contributed by atoms with E-state index >= 15 is 0 Å². The summed E-state index contributed by atoms with van der Waals surface area (Å²) in [4.78, 5) is 50.4. The van der Waals surface area contributed by atoms with Gasteiger partial charge in [-0.3, -0.25) is 19.2 Å². The molecule has 0 bridgehead atoms. The van der Waals surface area contributed by atoms with E-state index < -0.39 is 0 Å². The number of carbonyl (C=O) groups excluding carboxylic acids is 4. The van der Waals surface area contributed by atoms with Gasteiger partial charge in [0.1, 0.15) is 34.6 Å². The Balaban J connectivity index is 0.000000217. The minimum Gasteiger partial charge on any atom is -0.857 e. The molecule has 5 aliphatic carbocycles. The zero-order chi connectivity index (χ0) is 49.3. The number of ketones is 3. The quantitative estimate of drug-likeness (QED) is 0.163. The zero-order valence-electron chi connectivity index (χ0n) is 42.7. The molecule has 3 saturated carbocycles. The summed E-state index contributed by atoms with van der Waals surface area (Å²) < 4.78 is 21.3. The van der Waals surface area contributed by atoms with Crippen molar-refractivity contribution in [1.82, 2.24) is 0 Å². The van der Waals surface area contributed by atoms with Crippen LogP contribution in [0.1, 0.15) is 127 Å². The van der Waals surface area contributed by atoms with Crippen molar-refractivity contribution in [3.63, 3.8) is 0 Å². The number of hydrogen-bond donors (Lipinski definition) is 2. The van der Waals surface area contributed by atoms with Crippen molar-refractivity contribution in [2.24, 2.45) is 35.5 Å². The van der Waals surface area contributed by atoms with Crippen molar-refractivity contribution in [3.8, 4) is 17.2 Å². The molecule has 11 nitrogen and oxygen atoms in total. The van der Waals surface area contributed by atoms with Crippen molar-refractivity contribution >= 4 is 34.5 Å². The summed E-state index contributed by atoms with van der Waals surface area (Å²) in [6, 6.07) is 11.9. The van der Waals surface area contributed by atoms with Gasteiger partial charge in [0.25, 0.3) is 0 Å². The number of aliphatic hydroxyl groups is 2. The van der Waals surface area contributed by atoms with Crippen LogP contribution in [0.5, 0.6) is 17.2 Å². The molecule has 364 valence electrons. The molecule has 5 aliphatic rings. The van der Waals surface area contributed by atoms with E-state index in [0.29, 0.717) is 29.1 Å². The molecule has 0 radical (unpaired) electrons. The molecule has 3 aromatic carbocycles. The Labute approximate surface area is 426 Å². The molecule has 0 aliphatic heterocycles. The van der Waals surface area contributed by atoms with Gasteiger partial charge >= 0.3 is 35.5 Å². The summed E-state index contributed by atoms with van der Waals surface area (Å²) in [5.41, 5.74) is 9.81. The molecule has 2 N–H and O–H groups in total. The van der Waals surface area contributed by atoms with E-state index in [1.807, 2.05) is 71.9 Å². The normalized spacial score (nSPS) is 22.7. The first-order chi connectivity index (χ1) is 32.1. The smallest absolute Gasteiger partial charge is 0.857 e. The fraction of sp³-hybridized carbons (Fsp3) is 0.536. The molecule has 0 aromatic heterocycles. The average Bonchev–Trinajstić information content (AvgIpc) is 3.73. The molecule has 12 heteroatoms. The number of allylic oxidation sites excluding steroid dienone is 4. The summed E-state index contributed by atoms with van der Waals surface area (Å²) in [6.07, 6.45) is 11.8. The minimum atomic E-state index is -0.294. The number of hydrogen-bond acceptors (Lipinski definition) is 11. The van der Waals surface area contributed by atoms with Crippen LogP contribution >= 0.6 is 0 Å². The molecule has 0 amide bonds. The number of ether oxygens (including phenoxy) is 4. The van der Waals surface area contributed by atoms with Crippen molar-refractivity contribution in [2.75, 3.05) is 35.5 Å². The molecule has 0 saturated heterocycles. The second kappa shape index (κ2) is 25.4. The maximum absolute atomic E-state index is 12.8. The Morgan fingerprint density at radius 3 is 1.26 bits per heavy atom. The van der Waals surface area contributed by atoms with Crippen LogP contribution in [0, 0.1) is 77.0 Å². The maximum atomic E-state index is 12.8. The van der Waals surface area contributed by atoms with E-state index in [9.17, 15) is 29.4 Å². The van der Waals surface area contributed by atoms with Gasteiger partial charge in [-0.25, -0.2) is 0 Å². The van der Waals surface area contributed by atoms with E-state index in [0.717, 1.165) is 140 Å². The fourth-order valence-electron chi connectivity index (χ4n) is 11.5. The van der Waals surface area contributed by atoms with Gasteiger partial charge < -0.3 is 34.3 Å². The predicted octanol–water partition coefficient (Wildman–Crippen LogP) is 7.32. The Kier molecular flexibility index (Phi) is 21.0. The van der Waals surface area contributed by atoms with Crippen LogP contribution in [-0.2, 0) is 30.3 Å². The molecule has 6 atom stereocenters. The van der Waals surface area contributed by atoms with Gasteiger partial charge in [-0.05, 0) is 132 Å². The maximum Gasteiger partial charge on any atom is 1.00 e. The number of carbonyl (C=O) groups is 4. The largest absolute Gasteiger partial charge is 1.00 e. The third-order valence-electron chi connectivity index (χ3n) is 14.6. The van der Waals surface area contributed by atoms with Crippen molar-refractivity contribution in [1.29, 1.82) is 0 Å². The van der Waals surface area contributed by atoms with Crippen LogP contribution in [0.15, 0.2) is 47.9 Å². The predicted molar refractivity (Wildman–Crippen MR) is 260 cm³/mol. The zero-order valence-corrected chi connectivity index (χ0v) is 44.7. The first-order valence-corrected chi connectivity index (χ1v) is 24.0. The second-order valence-corrected chi connectivity index (χ2v) is 19.0. The van der Waals surface area contributed by atoms with Gasteiger partial charge in [0.05, 0.1) is 45.5 Å². The summed E-state index contributed by atoms with van der Waals surface area (Å²) in [6.45, 7) is 12.0. The Morgan fingerprint density at radius 2 is 0.882 bits per heavy atom. The first-order valence-electron chi connectivity index (χ1n) is 24.0. The van der Waals surface area contributed by atoms with Crippen molar-refractivity contribution in [2.45, 2.75) is 125 Å². The molecule has 3 fully saturated rings. The molecular formula is C56H73NaO11. The number of esters is 1. The van der Waals surface area contributed by atoms with Crippen LogP contribution < -0.4 is 48.9 Å². The molecule has 68 heavy (non-hydrogen) atoms. The first kappa shape index (κ1) is 56.2. The van der Waals surface area contributed by atoms with Gasteiger partial charge in [0.15, 0.2) is 11.6 Å². The summed E-state index contributed by atoms with van der Waals surface area (Å²) in [7, 11) is 7.00. The van der Waals surface area contributed by atoms with E-state index in [1.54, 1.807) is 21.3 Å². The summed E-state index contributed by atoms with van der Waals surface area (Å²) >= 11 is 0. The van der Waals surface area contributed by atoms with Crippen LogP contribution in [0.25, 0.3) is 11.1 Å². The summed E-state index contributed by atoms with van der Waals surface area (Å²) in [5.74, 6) is 2.20. The van der Waals surface area contributed by atoms with Gasteiger partial charge in [-0.1, -0.05) is 56.7 Å². The van der Waals surface area contributed by atoms with Gasteiger partial charge in [-0.2, -0.15) is 7.11 Å². The SMILES string of the molecule is COC(=O)C1CCCCC1C(=O)Cc1c(C)cc(C)cc1OC.COc1cc(C)cc(C)c1C1=C(O)C2CCCCC2C1=O.COc1cc(C)cc(C)c1C1=C(O)C2CCCCC2C1=O.C[O-].[Na+]. The van der Waals surface area contributed by atoms with Gasteiger partial charge in [-0.15, -0.1) is 0 Å². The van der Waals surface area contributed by atoms with Crippen molar-refractivity contribution < 1.29 is 83.0 Å². The van der Waals surface area contributed by atoms with E-state index in [-0.39, 0.29) is 99.9 Å². The standard InChI is InChI=1S/C19H26O4.2C18H22O3.CH3O.Na/c1-12-9-13(2)16(18(10-12)22-3)11-17(20)14-7-5-6-8-15(14)19(21)23-4;2*1-10-8-11(2)15(14(9-10)21-3)16-17(19)12-6-4-5-7-13(12)18(16)20;1-2;/h9-10,14-15H,5-8,11H2,1-4H3;2*8-9,12-13,19H,4-7H2,1-3H3;1H3;/q;;;-1;+1. The topological polar surface area (TPSA) is 169 Å². The van der Waals surface area contributed by atoms with Crippen molar-refractivity contribution in [3.05, 3.63) is 98.0 Å². The molecule has 0 heterocycles. The molecule has 3 aromatic rings. The number of fused-ring (bicyclic) bond motifs is 2. The van der Waals surface area contributed by atoms with Crippen LogP contribution in [0.4, 0.5) is 0 Å². The Bertz CT molecular complexity index is 2270. The Hall–Kier alpha value is -4.42. The molecular weight excluding hydrogens is 872 g/mol. The van der Waals surface area contributed by atoms with Crippen LogP contribution in [0.3, 0.4) is 0 Å². The van der Waals surface area contributed by atoms with E-state index in [4.69, 9.17) is 24.1 Å². The minimum absolute atomic E-state index is 0. The number of methoxy groups -OCH3 is 4. The number of aliphatic hydroxyl groups excluding tert-OH is 2. The van der Waals surface area contributed by atoms with E-state index in [2.05, 4.69) is 6.07 Å². The number of benzene rings is 3. The molecule has 6 unspecified atom stereocenters. The van der Waals surface area contributed by atoms with E-state index in [1.165, 1.54) is 7.11 Å². The van der Waals surface area contributed by atoms with Crippen LogP contribution in [0.2, 0.25) is 0 Å². The Morgan fingerprint density at radius 1 is 0.529 bits per heavy atom. The molecule has 0 spiro atoms. The number of rotatable bonds is 9. The third kappa shape index (κ3) is 12.1. The average molecular weight is 945 g/mol. The second-order valence-electron chi connectivity index (χ2n) is 19.0. The number of Topliss-reactive ketones (excluding diaryl/α,β-unsaturated/α-hetero) is 3. The molecule has 8 rings (SSSR count). The number of aryl methyl sites for hydroxylation is 6. The third-order valence-corrected chi connectivity index (χ3v) is 14.6. The van der Waals surface area contributed by atoms with Gasteiger partial charge in [0.2, 0.25) is 0 Å². The summed E-state index contributed by atoms with van der Waals surface area (Å²) in [5, 5.41) is 29.5.